The molecule has 0 aromatic heterocycles. The molecule has 0 atom stereocenters. The van der Waals surface area contributed by atoms with Crippen molar-refractivity contribution >= 4 is 12.0 Å². The summed E-state index contributed by atoms with van der Waals surface area (Å²) in [6.45, 7) is 3.25. The Bertz CT molecular complexity index is 239. The van der Waals surface area contributed by atoms with Crippen molar-refractivity contribution in [3.63, 3.8) is 0 Å². The van der Waals surface area contributed by atoms with E-state index in [1.165, 1.54) is 19.3 Å². The maximum atomic E-state index is 11.1. The Morgan fingerprint density at radius 2 is 1.81 bits per heavy atom. The summed E-state index contributed by atoms with van der Waals surface area (Å²) in [5.41, 5.74) is 0. The lowest BCUT2D eigenvalue weighted by Gasteiger charge is -2.26. The average Bonchev–Trinajstić information content (AvgIpc) is 2.28. The van der Waals surface area contributed by atoms with Crippen LogP contribution in [-0.2, 0) is 4.79 Å². The maximum absolute atomic E-state index is 11.1. The second-order valence-electron chi connectivity index (χ2n) is 3.91. The second kappa shape index (κ2) is 7.05. The van der Waals surface area contributed by atoms with E-state index in [1.54, 1.807) is 0 Å². The summed E-state index contributed by atoms with van der Waals surface area (Å²) in [5.74, 6) is -1.04. The third kappa shape index (κ3) is 5.55. The molecular formula is C10H19N3O3. The number of nitrogens with zero attached hydrogens (tertiary/aromatic N) is 1. The number of likely N-dealkylation sites (tertiary alicyclic amines) is 1. The molecule has 1 saturated heterocycles. The van der Waals surface area contributed by atoms with Gasteiger partial charge in [-0.2, -0.15) is 0 Å². The molecule has 3 N–H and O–H groups in total. The third-order valence-corrected chi connectivity index (χ3v) is 2.56. The van der Waals surface area contributed by atoms with Crippen LogP contribution in [0.2, 0.25) is 0 Å². The van der Waals surface area contributed by atoms with E-state index in [0.29, 0.717) is 6.54 Å². The number of carboxylic acid groups (broad SMARTS) is 1. The van der Waals surface area contributed by atoms with E-state index >= 15 is 0 Å². The Kier molecular flexibility index (Phi) is 5.63. The van der Waals surface area contributed by atoms with Gasteiger partial charge >= 0.3 is 12.0 Å². The lowest BCUT2D eigenvalue weighted by atomic mass is 10.1. The van der Waals surface area contributed by atoms with Gasteiger partial charge in [0.1, 0.15) is 6.54 Å². The fraction of sp³-hybridized carbons (Fsp3) is 0.800. The molecule has 0 aliphatic carbocycles. The molecule has 1 heterocycles. The maximum Gasteiger partial charge on any atom is 0.323 e. The summed E-state index contributed by atoms with van der Waals surface area (Å²) >= 11 is 0. The summed E-state index contributed by atoms with van der Waals surface area (Å²) in [5, 5.41) is 13.2. The van der Waals surface area contributed by atoms with Crippen molar-refractivity contribution in [1.29, 1.82) is 0 Å². The van der Waals surface area contributed by atoms with Gasteiger partial charge in [-0.05, 0) is 25.9 Å². The zero-order chi connectivity index (χ0) is 11.8. The molecule has 6 nitrogen and oxygen atoms in total. The molecular weight excluding hydrogens is 210 g/mol. The van der Waals surface area contributed by atoms with Crippen molar-refractivity contribution in [2.75, 3.05) is 32.7 Å². The summed E-state index contributed by atoms with van der Waals surface area (Å²) in [6, 6.07) is -0.417. The van der Waals surface area contributed by atoms with Crippen LogP contribution in [0.3, 0.4) is 0 Å². The van der Waals surface area contributed by atoms with Crippen molar-refractivity contribution in [2.24, 2.45) is 0 Å². The Labute approximate surface area is 95.0 Å². The SMILES string of the molecule is O=C(O)CNC(=O)NCCN1CCCCC1. The first-order valence-electron chi connectivity index (χ1n) is 5.64. The van der Waals surface area contributed by atoms with Gasteiger partial charge in [0.15, 0.2) is 0 Å². The number of aliphatic carboxylic acids is 1. The highest BCUT2D eigenvalue weighted by Gasteiger charge is 2.09. The van der Waals surface area contributed by atoms with Crippen molar-refractivity contribution in [3.05, 3.63) is 0 Å². The van der Waals surface area contributed by atoms with Gasteiger partial charge in [-0.15, -0.1) is 0 Å². The molecule has 0 bridgehead atoms. The smallest absolute Gasteiger partial charge is 0.323 e. The number of hydrogen-bond donors (Lipinski definition) is 3. The molecule has 0 saturated carbocycles. The lowest BCUT2D eigenvalue weighted by Crippen LogP contribution is -2.42. The Morgan fingerprint density at radius 1 is 1.12 bits per heavy atom. The Morgan fingerprint density at radius 3 is 2.44 bits per heavy atom. The summed E-state index contributed by atoms with van der Waals surface area (Å²) < 4.78 is 0. The number of urea groups is 1. The van der Waals surface area contributed by atoms with E-state index in [4.69, 9.17) is 5.11 Å². The fourth-order valence-corrected chi connectivity index (χ4v) is 1.73. The second-order valence-corrected chi connectivity index (χ2v) is 3.91. The summed E-state index contributed by atoms with van der Waals surface area (Å²) in [4.78, 5) is 23.6. The number of amides is 2. The molecule has 16 heavy (non-hydrogen) atoms. The van der Waals surface area contributed by atoms with Crippen molar-refractivity contribution in [2.45, 2.75) is 19.3 Å². The summed E-state index contributed by atoms with van der Waals surface area (Å²) in [7, 11) is 0. The highest BCUT2D eigenvalue weighted by atomic mass is 16.4. The van der Waals surface area contributed by atoms with Gasteiger partial charge in [0.05, 0.1) is 0 Å². The van der Waals surface area contributed by atoms with E-state index < -0.39 is 12.0 Å². The molecule has 0 spiro atoms. The lowest BCUT2D eigenvalue weighted by molar-refractivity contribution is -0.135. The van der Waals surface area contributed by atoms with Gasteiger partial charge in [0.25, 0.3) is 0 Å². The highest BCUT2D eigenvalue weighted by molar-refractivity contribution is 5.79. The highest BCUT2D eigenvalue weighted by Crippen LogP contribution is 2.07. The molecule has 0 aromatic carbocycles. The van der Waals surface area contributed by atoms with E-state index in [1.807, 2.05) is 0 Å². The van der Waals surface area contributed by atoms with Crippen molar-refractivity contribution in [3.8, 4) is 0 Å². The van der Waals surface area contributed by atoms with E-state index in [9.17, 15) is 9.59 Å². The molecule has 2 amide bonds. The van der Waals surface area contributed by atoms with Crippen LogP contribution in [0.4, 0.5) is 4.79 Å². The predicted octanol–water partition coefficient (Wildman–Crippen LogP) is -0.144. The number of carboxylic acids is 1. The first-order valence-corrected chi connectivity index (χ1v) is 5.64. The molecule has 0 radical (unpaired) electrons. The Balaban J connectivity index is 2.01. The number of piperidine rings is 1. The molecule has 1 aliphatic rings. The van der Waals surface area contributed by atoms with Crippen LogP contribution < -0.4 is 10.6 Å². The molecule has 0 aromatic rings. The van der Waals surface area contributed by atoms with Crippen LogP contribution in [0, 0.1) is 0 Å². The molecule has 1 aliphatic heterocycles. The first kappa shape index (κ1) is 12.8. The summed E-state index contributed by atoms with van der Waals surface area (Å²) in [6.07, 6.45) is 3.75. The average molecular weight is 229 g/mol. The van der Waals surface area contributed by atoms with Crippen molar-refractivity contribution < 1.29 is 14.7 Å². The van der Waals surface area contributed by atoms with Gasteiger partial charge in [0, 0.05) is 13.1 Å². The van der Waals surface area contributed by atoms with Crippen LogP contribution in [0.1, 0.15) is 19.3 Å². The van der Waals surface area contributed by atoms with E-state index in [-0.39, 0.29) is 6.54 Å². The zero-order valence-corrected chi connectivity index (χ0v) is 9.37. The van der Waals surface area contributed by atoms with Crippen LogP contribution >= 0.6 is 0 Å². The molecule has 6 heteroatoms. The standard InChI is InChI=1S/C10H19N3O3/c14-9(15)8-12-10(16)11-4-7-13-5-2-1-3-6-13/h1-8H2,(H,14,15)(H2,11,12,16). The monoisotopic (exact) mass is 229 g/mol. The first-order chi connectivity index (χ1) is 7.68. The molecule has 1 rings (SSSR count). The number of carbonyl (C=O) groups is 2. The molecule has 0 unspecified atom stereocenters. The van der Waals surface area contributed by atoms with Gasteiger partial charge < -0.3 is 20.6 Å². The minimum Gasteiger partial charge on any atom is -0.480 e. The van der Waals surface area contributed by atoms with Gasteiger partial charge in [-0.1, -0.05) is 6.42 Å². The van der Waals surface area contributed by atoms with Crippen LogP contribution in [0.25, 0.3) is 0 Å². The topological polar surface area (TPSA) is 81.7 Å². The number of carbonyl (C=O) groups excluding carboxylic acids is 1. The van der Waals surface area contributed by atoms with Gasteiger partial charge in [-0.3, -0.25) is 4.79 Å². The minimum atomic E-state index is -1.04. The van der Waals surface area contributed by atoms with E-state index in [2.05, 4.69) is 15.5 Å². The fourth-order valence-electron chi connectivity index (χ4n) is 1.73. The van der Waals surface area contributed by atoms with Gasteiger partial charge in [-0.25, -0.2) is 4.79 Å². The Hall–Kier alpha value is -1.30. The zero-order valence-electron chi connectivity index (χ0n) is 9.37. The molecule has 1 fully saturated rings. The number of nitrogens with one attached hydrogen (secondary N) is 2. The largest absolute Gasteiger partial charge is 0.480 e. The minimum absolute atomic E-state index is 0.338. The quantitative estimate of drug-likeness (QED) is 0.612. The van der Waals surface area contributed by atoms with Crippen LogP contribution in [-0.4, -0.2) is 54.7 Å². The van der Waals surface area contributed by atoms with Gasteiger partial charge in [0.2, 0.25) is 0 Å². The third-order valence-electron chi connectivity index (χ3n) is 2.56. The van der Waals surface area contributed by atoms with E-state index in [0.717, 1.165) is 19.6 Å². The van der Waals surface area contributed by atoms with Crippen molar-refractivity contribution in [1.82, 2.24) is 15.5 Å². The van der Waals surface area contributed by atoms with Crippen LogP contribution in [0.5, 0.6) is 0 Å². The normalized spacial score (nSPS) is 16.8. The molecule has 92 valence electrons. The van der Waals surface area contributed by atoms with Crippen LogP contribution in [0.15, 0.2) is 0 Å². The number of rotatable bonds is 5. The predicted molar refractivity (Wildman–Crippen MR) is 59.3 cm³/mol. The number of hydrogen-bond acceptors (Lipinski definition) is 3.